The van der Waals surface area contributed by atoms with Crippen molar-refractivity contribution in [1.29, 1.82) is 0 Å². The summed E-state index contributed by atoms with van der Waals surface area (Å²) in [4.78, 5) is 16.7. The molecule has 1 aromatic carbocycles. The molecule has 28 heavy (non-hydrogen) atoms. The van der Waals surface area contributed by atoms with E-state index in [2.05, 4.69) is 20.6 Å². The molecule has 1 N–H and O–H groups in total. The second-order valence-corrected chi connectivity index (χ2v) is 7.78. The molecule has 0 radical (unpaired) electrons. The van der Waals surface area contributed by atoms with Crippen molar-refractivity contribution in [3.05, 3.63) is 53.2 Å². The van der Waals surface area contributed by atoms with Gasteiger partial charge in [0.15, 0.2) is 0 Å². The van der Waals surface area contributed by atoms with Crippen LogP contribution >= 0.6 is 0 Å². The minimum absolute atomic E-state index is 0.198. The van der Waals surface area contributed by atoms with E-state index in [1.807, 2.05) is 65.9 Å². The number of nitrogens with zero attached hydrogens (tertiary/aromatic N) is 4. The fourth-order valence-electron chi connectivity index (χ4n) is 2.72. The number of carbonyl (C=O) groups excluding carboxylic acids is 1. The van der Waals surface area contributed by atoms with Crippen LogP contribution in [0.1, 0.15) is 43.6 Å². The van der Waals surface area contributed by atoms with Gasteiger partial charge in [-0.15, -0.1) is 0 Å². The largest absolute Gasteiger partial charge is 0.338 e. The van der Waals surface area contributed by atoms with Gasteiger partial charge in [0.05, 0.1) is 5.69 Å². The van der Waals surface area contributed by atoms with Crippen LogP contribution in [0.3, 0.4) is 0 Å². The summed E-state index contributed by atoms with van der Waals surface area (Å²) in [5.41, 5.74) is 4.19. The highest BCUT2D eigenvalue weighted by Gasteiger charge is 2.22. The van der Waals surface area contributed by atoms with E-state index in [1.165, 1.54) is 6.08 Å². The van der Waals surface area contributed by atoms with E-state index < -0.39 is 0 Å². The molecule has 0 aliphatic carbocycles. The van der Waals surface area contributed by atoms with Crippen molar-refractivity contribution in [2.24, 2.45) is 7.05 Å². The monoisotopic (exact) mass is 379 g/mol. The first kappa shape index (κ1) is 19.5. The standard InChI is InChI=1S/C21H25N5O2/c1-13-17(14(2)26(6)24-13)11-12-18(27)22-16-9-7-15(8-10-16)19-23-20(28-25-19)21(3,4)5/h7-12H,1-6H3,(H,22,27)/b12-11+. The maximum absolute atomic E-state index is 12.2. The van der Waals surface area contributed by atoms with Crippen LogP contribution in [-0.4, -0.2) is 25.8 Å². The Morgan fingerprint density at radius 2 is 1.86 bits per heavy atom. The number of hydrogen-bond donors (Lipinski definition) is 1. The van der Waals surface area contributed by atoms with E-state index in [9.17, 15) is 4.79 Å². The number of aromatic nitrogens is 4. The van der Waals surface area contributed by atoms with E-state index in [4.69, 9.17) is 4.52 Å². The third kappa shape index (κ3) is 4.19. The number of amides is 1. The van der Waals surface area contributed by atoms with E-state index in [-0.39, 0.29) is 11.3 Å². The molecule has 7 heteroatoms. The van der Waals surface area contributed by atoms with Gasteiger partial charge in [-0.3, -0.25) is 9.48 Å². The smallest absolute Gasteiger partial charge is 0.248 e. The molecule has 3 aromatic rings. The number of hydrogen-bond acceptors (Lipinski definition) is 5. The van der Waals surface area contributed by atoms with Gasteiger partial charge in [-0.2, -0.15) is 10.1 Å². The fourth-order valence-corrected chi connectivity index (χ4v) is 2.72. The molecule has 3 rings (SSSR count). The Bertz CT molecular complexity index is 1020. The molecule has 0 aliphatic heterocycles. The van der Waals surface area contributed by atoms with Crippen LogP contribution in [0.25, 0.3) is 17.5 Å². The lowest BCUT2D eigenvalue weighted by atomic mass is 9.97. The van der Waals surface area contributed by atoms with Gasteiger partial charge < -0.3 is 9.84 Å². The van der Waals surface area contributed by atoms with Gasteiger partial charge in [-0.05, 0) is 44.2 Å². The lowest BCUT2D eigenvalue weighted by Crippen LogP contribution is -2.11. The molecular formula is C21H25N5O2. The van der Waals surface area contributed by atoms with Gasteiger partial charge in [-0.1, -0.05) is 25.9 Å². The number of anilines is 1. The Morgan fingerprint density at radius 1 is 1.18 bits per heavy atom. The number of nitrogens with one attached hydrogen (secondary N) is 1. The highest BCUT2D eigenvalue weighted by molar-refractivity contribution is 6.02. The lowest BCUT2D eigenvalue weighted by Gasteiger charge is -2.10. The van der Waals surface area contributed by atoms with Gasteiger partial charge >= 0.3 is 0 Å². The second kappa shape index (κ2) is 7.42. The second-order valence-electron chi connectivity index (χ2n) is 7.78. The van der Waals surface area contributed by atoms with Gasteiger partial charge in [0.25, 0.3) is 0 Å². The van der Waals surface area contributed by atoms with Crippen LogP contribution < -0.4 is 5.32 Å². The van der Waals surface area contributed by atoms with E-state index in [1.54, 1.807) is 10.8 Å². The molecule has 0 unspecified atom stereocenters. The Kier molecular flexibility index (Phi) is 5.18. The van der Waals surface area contributed by atoms with Crippen molar-refractivity contribution in [2.75, 3.05) is 5.32 Å². The van der Waals surface area contributed by atoms with Crippen LogP contribution in [0.2, 0.25) is 0 Å². The molecule has 2 aromatic heterocycles. The van der Waals surface area contributed by atoms with Crippen molar-refractivity contribution in [2.45, 2.75) is 40.0 Å². The zero-order valence-corrected chi connectivity index (χ0v) is 17.1. The zero-order chi connectivity index (χ0) is 20.5. The topological polar surface area (TPSA) is 85.8 Å². The van der Waals surface area contributed by atoms with Crippen LogP contribution in [0.5, 0.6) is 0 Å². The number of benzene rings is 1. The normalized spacial score (nSPS) is 11.9. The summed E-state index contributed by atoms with van der Waals surface area (Å²) in [5, 5.41) is 11.2. The Morgan fingerprint density at radius 3 is 2.39 bits per heavy atom. The minimum atomic E-state index is -0.204. The predicted molar refractivity (Wildman–Crippen MR) is 109 cm³/mol. The van der Waals surface area contributed by atoms with Crippen molar-refractivity contribution in [1.82, 2.24) is 19.9 Å². The molecule has 1 amide bonds. The number of rotatable bonds is 4. The van der Waals surface area contributed by atoms with Crippen LogP contribution in [0, 0.1) is 13.8 Å². The molecule has 0 saturated heterocycles. The first-order chi connectivity index (χ1) is 13.1. The molecular weight excluding hydrogens is 354 g/mol. The molecule has 146 valence electrons. The quantitative estimate of drug-likeness (QED) is 0.692. The van der Waals surface area contributed by atoms with E-state index >= 15 is 0 Å². The molecule has 2 heterocycles. The van der Waals surface area contributed by atoms with E-state index in [0.29, 0.717) is 17.4 Å². The molecule has 0 bridgehead atoms. The van der Waals surface area contributed by atoms with Gasteiger partial charge in [0.2, 0.25) is 17.6 Å². The molecule has 0 spiro atoms. The third-order valence-electron chi connectivity index (χ3n) is 4.44. The molecule has 0 saturated carbocycles. The van der Waals surface area contributed by atoms with Crippen molar-refractivity contribution in [3.8, 4) is 11.4 Å². The minimum Gasteiger partial charge on any atom is -0.338 e. The first-order valence-corrected chi connectivity index (χ1v) is 9.09. The van der Waals surface area contributed by atoms with Crippen molar-refractivity contribution in [3.63, 3.8) is 0 Å². The maximum Gasteiger partial charge on any atom is 0.248 e. The Balaban J connectivity index is 1.68. The summed E-state index contributed by atoms with van der Waals surface area (Å²) >= 11 is 0. The van der Waals surface area contributed by atoms with Gasteiger partial charge in [-0.25, -0.2) is 0 Å². The summed E-state index contributed by atoms with van der Waals surface area (Å²) in [5.74, 6) is 0.918. The third-order valence-corrected chi connectivity index (χ3v) is 4.44. The van der Waals surface area contributed by atoms with Crippen LogP contribution in [0.15, 0.2) is 34.9 Å². The van der Waals surface area contributed by atoms with Gasteiger partial charge in [0, 0.05) is 41.0 Å². The fraction of sp³-hybridized carbons (Fsp3) is 0.333. The van der Waals surface area contributed by atoms with Crippen LogP contribution in [-0.2, 0) is 17.3 Å². The van der Waals surface area contributed by atoms with Crippen molar-refractivity contribution < 1.29 is 9.32 Å². The molecule has 0 atom stereocenters. The Hall–Kier alpha value is -3.22. The van der Waals surface area contributed by atoms with Crippen LogP contribution in [0.4, 0.5) is 5.69 Å². The van der Waals surface area contributed by atoms with Gasteiger partial charge in [0.1, 0.15) is 0 Å². The number of carbonyl (C=O) groups is 1. The summed E-state index contributed by atoms with van der Waals surface area (Å²) in [6.07, 6.45) is 3.30. The summed E-state index contributed by atoms with van der Waals surface area (Å²) in [6.45, 7) is 9.95. The summed E-state index contributed by atoms with van der Waals surface area (Å²) in [7, 11) is 1.88. The predicted octanol–water partition coefficient (Wildman–Crippen LogP) is 4.04. The average molecular weight is 379 g/mol. The lowest BCUT2D eigenvalue weighted by molar-refractivity contribution is -0.111. The number of aryl methyl sites for hydroxylation is 2. The first-order valence-electron chi connectivity index (χ1n) is 9.09. The summed E-state index contributed by atoms with van der Waals surface area (Å²) < 4.78 is 7.13. The molecule has 0 aliphatic rings. The highest BCUT2D eigenvalue weighted by Crippen LogP contribution is 2.24. The molecule has 0 fully saturated rings. The van der Waals surface area contributed by atoms with E-state index in [0.717, 1.165) is 22.5 Å². The summed E-state index contributed by atoms with van der Waals surface area (Å²) in [6, 6.07) is 7.33. The average Bonchev–Trinajstić information content (AvgIpc) is 3.20. The SMILES string of the molecule is Cc1nn(C)c(C)c1/C=C/C(=O)Nc1ccc(-c2noc(C(C)(C)C)n2)cc1. The molecule has 7 nitrogen and oxygen atoms in total. The maximum atomic E-state index is 12.2. The zero-order valence-electron chi connectivity index (χ0n) is 17.1. The Labute approximate surface area is 164 Å². The highest BCUT2D eigenvalue weighted by atomic mass is 16.5. The van der Waals surface area contributed by atoms with Crippen molar-refractivity contribution >= 4 is 17.7 Å².